The lowest BCUT2D eigenvalue weighted by Gasteiger charge is -2.63. The van der Waals surface area contributed by atoms with E-state index < -0.39 is 70.2 Å². The van der Waals surface area contributed by atoms with Crippen molar-refractivity contribution < 1.29 is 73.3 Å². The van der Waals surface area contributed by atoms with E-state index in [2.05, 4.69) is 119 Å². The number of hydrogen-bond acceptors (Lipinski definition) is 27. The predicted molar refractivity (Wildman–Crippen MR) is 530 cm³/mol. The van der Waals surface area contributed by atoms with Gasteiger partial charge < -0.3 is 94.2 Å². The normalized spacial score (nSPS) is 17.9. The van der Waals surface area contributed by atoms with E-state index in [-0.39, 0.29) is 109 Å². The first kappa shape index (κ1) is 109. The fourth-order valence-corrected chi connectivity index (χ4v) is 17.9. The minimum atomic E-state index is -1.14. The van der Waals surface area contributed by atoms with Crippen molar-refractivity contribution in [2.75, 3.05) is 71.5 Å². The van der Waals surface area contributed by atoms with Gasteiger partial charge in [0.2, 0.25) is 23.6 Å². The molecule has 4 amide bonds. The number of nitrogens with two attached hydrogens (primary N) is 6. The molecular formula is C97H152N20O15S2. The van der Waals surface area contributed by atoms with Gasteiger partial charge >= 0.3 is 17.9 Å². The molecule has 2 heterocycles. The number of phenols is 1. The van der Waals surface area contributed by atoms with Crippen LogP contribution >= 0.6 is 25.3 Å². The highest BCUT2D eigenvalue weighted by Crippen LogP contribution is 2.69. The molecule has 2 aliphatic carbocycles. The zero-order chi connectivity index (χ0) is 99.1. The van der Waals surface area contributed by atoms with Gasteiger partial charge in [-0.05, 0) is 262 Å². The summed E-state index contributed by atoms with van der Waals surface area (Å²) in [5.74, 6) is -0.389. The zero-order valence-corrected chi connectivity index (χ0v) is 82.1. The summed E-state index contributed by atoms with van der Waals surface area (Å²) in [7, 11) is 2.16. The average molecular weight is 1900 g/mol. The minimum Gasteiger partial charge on any atom is -0.504 e. The third-order valence-corrected chi connectivity index (χ3v) is 26.0. The molecule has 2 bridgehead atoms. The summed E-state index contributed by atoms with van der Waals surface area (Å²) in [6, 6.07) is 21.6. The van der Waals surface area contributed by atoms with Gasteiger partial charge in [0.05, 0.1) is 63.5 Å². The van der Waals surface area contributed by atoms with E-state index in [9.17, 15) is 48.3 Å². The Labute approximate surface area is 803 Å². The van der Waals surface area contributed by atoms with E-state index in [1.54, 1.807) is 113 Å². The van der Waals surface area contributed by atoms with Crippen LogP contribution in [0, 0.1) is 22.7 Å². The molecule has 10 atom stereocenters. The van der Waals surface area contributed by atoms with Crippen LogP contribution in [0.5, 0.6) is 28.7 Å². The maximum absolute atomic E-state index is 14.9. The number of aldehydes is 1. The van der Waals surface area contributed by atoms with E-state index >= 15 is 0 Å². The third-order valence-electron chi connectivity index (χ3n) is 25.6. The highest BCUT2D eigenvalue weighted by atomic mass is 32.1. The summed E-state index contributed by atoms with van der Waals surface area (Å²) in [5, 5.41) is 42.4. The number of esters is 3. The van der Waals surface area contributed by atoms with Gasteiger partial charge in [-0.25, -0.2) is 19.8 Å². The topological polar surface area (TPSA) is 537 Å². The van der Waals surface area contributed by atoms with Gasteiger partial charge in [-0.15, -0.1) is 0 Å². The summed E-state index contributed by atoms with van der Waals surface area (Å²) in [4.78, 5) is 134. The van der Waals surface area contributed by atoms with Gasteiger partial charge in [0.15, 0.2) is 41.3 Å². The summed E-state index contributed by atoms with van der Waals surface area (Å²) < 4.78 is 37.9. The van der Waals surface area contributed by atoms with Crippen molar-refractivity contribution >= 4 is 114 Å². The van der Waals surface area contributed by atoms with Crippen LogP contribution in [0.3, 0.4) is 0 Å². The number of rotatable bonds is 61. The second kappa shape index (κ2) is 55.2. The highest BCUT2D eigenvalue weighted by molar-refractivity contribution is 7.80. The predicted octanol–water partition coefficient (Wildman–Crippen LogP) is 8.87. The standard InChI is InChI=1S/C77H112N16O12.C20H40N4O3S2/c1-10-11-12-13-21-56(87-47-89-75(6,7)69(100)103-55-34-28-52(29-35-55)92-72(82)83)65(96)85-42-17-15-22-57(86-46-88-74(4,5)61(95)45-101-53-30-24-50(25-31-53)90-70(78)79)66(97)84-41-16-14-19-48(20-18-38-73(2,3)68(99)102-54-32-26-51(27-33-54)91-71(80)81)67(98)104-59-37-39-76(8)60-44-49-23-36-58(94)63-62(49)77(76,64(59)105-63)40-43-93(60)9;1-3-8-17(13-25)9-4-6-12-22-20(27)18(24-15-29)10-5-7-11-21-19(26)16(2)23-14-28/h23-37,48,56-57,60,64,86-89,94H,10-22,38-47H2,1-9H3,(H,84,97)(H,85,96)(H4,78,79,90)(H4,80,81,91)(H4,82,83,92);13,16-18,23-24,28-29H,3-12,14-15H2,1-2H3,(H,21,26)(H,22,27)/t48-,56+,57+,60-,64+,76+,77+;16?,17-,18-/m10/s1/i;13D. The second-order valence-electron chi connectivity index (χ2n) is 37.1. The van der Waals surface area contributed by atoms with Crippen molar-refractivity contribution in [3.05, 3.63) is 108 Å². The number of ketones is 1. The number of hydrogen-bond donors (Lipinski definition) is 19. The van der Waals surface area contributed by atoms with Crippen LogP contribution in [0.4, 0.5) is 17.1 Å². The number of unbranched alkanes of at least 4 members (excludes halogenated alkanes) is 7. The van der Waals surface area contributed by atoms with Gasteiger partial charge in [0.25, 0.3) is 0 Å². The molecule has 1 spiro atoms. The summed E-state index contributed by atoms with van der Waals surface area (Å²) in [6.07, 6.45) is 17.9. The van der Waals surface area contributed by atoms with Crippen LogP contribution in [-0.4, -0.2) is 200 Å². The summed E-state index contributed by atoms with van der Waals surface area (Å²) >= 11 is 8.20. The van der Waals surface area contributed by atoms with Crippen LogP contribution in [0.25, 0.3) is 0 Å². The van der Waals surface area contributed by atoms with Gasteiger partial charge in [-0.3, -0.25) is 65.5 Å². The van der Waals surface area contributed by atoms with Crippen LogP contribution in [0.15, 0.2) is 112 Å². The lowest BCUT2D eigenvalue weighted by molar-refractivity contribution is -0.150. The van der Waals surface area contributed by atoms with E-state index in [0.717, 1.165) is 94.7 Å². The first-order valence-corrected chi connectivity index (χ1v) is 48.6. The molecule has 742 valence electrons. The highest BCUT2D eigenvalue weighted by Gasteiger charge is 2.70. The number of likely N-dealkylation sites (tertiary alicyclic amines) is 1. The molecule has 0 aromatic heterocycles. The number of aliphatic imine (C=N–C) groups is 3. The molecule has 1 unspecified atom stereocenters. The molecule has 4 aromatic rings. The zero-order valence-electron chi connectivity index (χ0n) is 81.3. The number of phenolic OH excluding ortho intramolecular Hbond substituents is 1. The van der Waals surface area contributed by atoms with Crippen molar-refractivity contribution in [2.45, 2.75) is 283 Å². The Balaban J connectivity index is 0.000000707. The Kier molecular flexibility index (Phi) is 45.0. The first-order chi connectivity index (χ1) is 64.2. The van der Waals surface area contributed by atoms with E-state index in [0.29, 0.717) is 161 Å². The molecule has 1 saturated heterocycles. The largest absolute Gasteiger partial charge is 0.504 e. The Morgan fingerprint density at radius 2 is 1.04 bits per heavy atom. The maximum atomic E-state index is 14.9. The number of amides is 4. The Hall–Kier alpha value is -10.1. The molecule has 4 aliphatic rings. The number of nitrogens with zero attached hydrogens (tertiary/aromatic N) is 4. The molecule has 37 heteroatoms. The number of allylic oxidation sites excluding steroid dienone is 1. The SMILES string of the molecule is CCCCCC[C@H](NCNC(C)(C)C(=O)Oc1ccc(N=C(N)N)cc1)C(=O)NCCCC[C@H](NCNC(C)(C)C(=O)COc1ccc(N=C(N)N)cc1)C(=O)NCCCC[C@H](CCCC(C)(C)C(=O)Oc1ccc(N=C(N)N)cc1)C(=O)OC1=CC[C@@]2(C)[C@H]3Cc4ccc(O)c5c4[C@@]2(CCN3C)[C@H]1O5.[2H]C(=O)[C@@H](CCC)CCCCNC(=O)[C@H](CCCCNC(=O)C(C)NCS)NCS. The van der Waals surface area contributed by atoms with Gasteiger partial charge in [0.1, 0.15) is 42.8 Å². The number of thiol groups is 2. The third kappa shape index (κ3) is 34.0. The van der Waals surface area contributed by atoms with Gasteiger partial charge in [-0.2, -0.15) is 25.3 Å². The number of piperidine rings is 1. The quantitative estimate of drug-likeness (QED) is 0.00287. The number of likely N-dealkylation sites (N-methyl/N-ethyl adjacent to an activating group) is 1. The Morgan fingerprint density at radius 3 is 1.54 bits per heavy atom. The van der Waals surface area contributed by atoms with E-state index in [4.69, 9.17) is 59.5 Å². The summed E-state index contributed by atoms with van der Waals surface area (Å²) in [6.45, 7) is 21.2. The number of ether oxygens (including phenoxy) is 5. The number of guanidine groups is 3. The van der Waals surface area contributed by atoms with Crippen molar-refractivity contribution in [3.63, 3.8) is 0 Å². The smallest absolute Gasteiger partial charge is 0.331 e. The number of nitrogens with one attached hydrogen (secondary N) is 10. The van der Waals surface area contributed by atoms with Gasteiger partial charge in [0, 0.05) is 74.2 Å². The molecule has 0 saturated carbocycles. The molecule has 4 aromatic carbocycles. The second-order valence-corrected chi connectivity index (χ2v) is 37.8. The van der Waals surface area contributed by atoms with Crippen LogP contribution in [0.2, 0.25) is 0 Å². The maximum Gasteiger partial charge on any atom is 0.331 e. The Morgan fingerprint density at radius 1 is 0.575 bits per heavy atom. The fourth-order valence-electron chi connectivity index (χ4n) is 17.4. The summed E-state index contributed by atoms with van der Waals surface area (Å²) in [5.41, 5.74) is 32.9. The van der Waals surface area contributed by atoms with Crippen molar-refractivity contribution in [1.82, 2.24) is 58.1 Å². The molecule has 134 heavy (non-hydrogen) atoms. The first-order valence-electron chi connectivity index (χ1n) is 47.8. The molecular weight excluding hydrogens is 1750 g/mol. The lowest BCUT2D eigenvalue weighted by atomic mass is 9.45. The number of Topliss-reactive ketones (excluding diaryl/α,β-unsaturated/α-hetero) is 1. The molecule has 8 rings (SSSR count). The van der Waals surface area contributed by atoms with Crippen LogP contribution < -0.4 is 107 Å². The van der Waals surface area contributed by atoms with Gasteiger partial charge in [-0.1, -0.05) is 78.2 Å². The number of carbonyl (C=O) groups excluding carboxylic acids is 9. The fraction of sp³-hybridized carbons (Fsp3) is 0.608. The monoisotopic (exact) mass is 1900 g/mol. The lowest BCUT2D eigenvalue weighted by Crippen LogP contribution is -2.69. The number of aromatic hydroxyl groups is 1. The molecule has 0 radical (unpaired) electrons. The van der Waals surface area contributed by atoms with Crippen molar-refractivity contribution in [3.8, 4) is 28.7 Å². The number of carbonyl (C=O) groups is 9. The number of benzene rings is 4. The van der Waals surface area contributed by atoms with E-state index in [1.807, 2.05) is 32.9 Å². The van der Waals surface area contributed by atoms with Crippen molar-refractivity contribution in [2.24, 2.45) is 72.0 Å². The minimum absolute atomic E-state index is 0.0543. The van der Waals surface area contributed by atoms with E-state index in [1.165, 1.54) is 0 Å². The average Bonchev–Trinajstić information content (AvgIpc) is 1.53. The molecule has 1 fully saturated rings. The molecule has 2 aliphatic heterocycles. The Bertz CT molecular complexity index is 4630. The molecule has 23 N–H and O–H groups in total. The molecule has 35 nitrogen and oxygen atoms in total. The van der Waals surface area contributed by atoms with Crippen LogP contribution in [0.1, 0.15) is 236 Å². The van der Waals surface area contributed by atoms with Crippen molar-refractivity contribution in [1.29, 1.82) is 0 Å². The van der Waals surface area contributed by atoms with Crippen LogP contribution in [-0.2, 0) is 59.7 Å².